The van der Waals surface area contributed by atoms with Gasteiger partial charge in [0.25, 0.3) is 10.0 Å². The van der Waals surface area contributed by atoms with Crippen LogP contribution in [0.5, 0.6) is 0 Å². The standard InChI is InChI=1S/C35H37ClFN3O4S/c1-3-4-22-38-35(42)33(23-27-14-7-5-8-15-27)39(24-28-16-11-12-20-31(28)37)34(41)25-40(32-21-13-19-30(36)26(32)2)45(43,44)29-17-9-6-10-18-29/h5-21,33H,3-4,22-25H2,1-2H3,(H,38,42). The summed E-state index contributed by atoms with van der Waals surface area (Å²) in [6, 6.07) is 26.8. The minimum Gasteiger partial charge on any atom is -0.354 e. The summed E-state index contributed by atoms with van der Waals surface area (Å²) in [7, 11) is -4.27. The number of hydrogen-bond donors (Lipinski definition) is 1. The number of rotatable bonds is 14. The molecule has 1 N–H and O–H groups in total. The lowest BCUT2D eigenvalue weighted by Gasteiger charge is -2.34. The van der Waals surface area contributed by atoms with E-state index in [1.807, 2.05) is 37.3 Å². The minimum absolute atomic E-state index is 0.0176. The summed E-state index contributed by atoms with van der Waals surface area (Å²) >= 11 is 6.41. The summed E-state index contributed by atoms with van der Waals surface area (Å²) < 4.78 is 44.3. The van der Waals surface area contributed by atoms with Crippen molar-refractivity contribution >= 4 is 39.1 Å². The van der Waals surface area contributed by atoms with E-state index in [-0.39, 0.29) is 29.1 Å². The van der Waals surface area contributed by atoms with Crippen molar-refractivity contribution in [3.8, 4) is 0 Å². The highest BCUT2D eigenvalue weighted by Crippen LogP contribution is 2.31. The maximum Gasteiger partial charge on any atom is 0.264 e. The monoisotopic (exact) mass is 649 g/mol. The molecule has 1 unspecified atom stereocenters. The Morgan fingerprint density at radius 2 is 1.53 bits per heavy atom. The van der Waals surface area contributed by atoms with Gasteiger partial charge in [-0.3, -0.25) is 13.9 Å². The SMILES string of the molecule is CCCCNC(=O)C(Cc1ccccc1)N(Cc1ccccc1F)C(=O)CN(c1cccc(Cl)c1C)S(=O)(=O)c1ccccc1. The number of carbonyl (C=O) groups is 2. The summed E-state index contributed by atoms with van der Waals surface area (Å²) in [5.41, 5.74) is 1.67. The maximum absolute atomic E-state index is 15.0. The molecule has 0 aromatic heterocycles. The molecule has 0 aliphatic carbocycles. The summed E-state index contributed by atoms with van der Waals surface area (Å²) in [5, 5.41) is 3.25. The van der Waals surface area contributed by atoms with E-state index in [1.165, 1.54) is 23.1 Å². The Hall–Kier alpha value is -4.21. The highest BCUT2D eigenvalue weighted by atomic mass is 35.5. The van der Waals surface area contributed by atoms with Gasteiger partial charge in [-0.15, -0.1) is 0 Å². The molecule has 0 spiro atoms. The number of anilines is 1. The molecule has 236 valence electrons. The van der Waals surface area contributed by atoms with E-state index in [9.17, 15) is 18.0 Å². The van der Waals surface area contributed by atoms with Gasteiger partial charge in [0.15, 0.2) is 0 Å². The molecule has 0 saturated carbocycles. The fourth-order valence-electron chi connectivity index (χ4n) is 4.97. The molecule has 1 atom stereocenters. The van der Waals surface area contributed by atoms with Gasteiger partial charge in [-0.1, -0.05) is 97.7 Å². The Bertz CT molecular complexity index is 1700. The second-order valence-corrected chi connectivity index (χ2v) is 12.9. The molecule has 7 nitrogen and oxygen atoms in total. The van der Waals surface area contributed by atoms with Gasteiger partial charge in [-0.2, -0.15) is 0 Å². The van der Waals surface area contributed by atoms with E-state index < -0.39 is 40.2 Å². The van der Waals surface area contributed by atoms with Crippen molar-refractivity contribution in [2.24, 2.45) is 0 Å². The summed E-state index contributed by atoms with van der Waals surface area (Å²) in [5.74, 6) is -1.63. The zero-order chi connectivity index (χ0) is 32.4. The number of unbranched alkanes of at least 4 members (excludes halogenated alkanes) is 1. The van der Waals surface area contributed by atoms with Crippen LogP contribution in [-0.2, 0) is 32.6 Å². The smallest absolute Gasteiger partial charge is 0.264 e. The third-order valence-corrected chi connectivity index (χ3v) is 9.70. The van der Waals surface area contributed by atoms with Crippen molar-refractivity contribution in [2.75, 3.05) is 17.4 Å². The Morgan fingerprint density at radius 3 is 2.20 bits per heavy atom. The van der Waals surface area contributed by atoms with Crippen molar-refractivity contribution < 1.29 is 22.4 Å². The highest BCUT2D eigenvalue weighted by molar-refractivity contribution is 7.92. The molecule has 4 rings (SSSR count). The highest BCUT2D eigenvalue weighted by Gasteiger charge is 2.35. The first kappa shape index (κ1) is 33.7. The van der Waals surface area contributed by atoms with E-state index in [2.05, 4.69) is 5.32 Å². The Morgan fingerprint density at radius 1 is 0.889 bits per heavy atom. The van der Waals surface area contributed by atoms with Crippen molar-refractivity contribution in [2.45, 2.75) is 50.6 Å². The van der Waals surface area contributed by atoms with Crippen LogP contribution in [0.25, 0.3) is 0 Å². The minimum atomic E-state index is -4.27. The Kier molecular flexibility index (Phi) is 11.7. The third-order valence-electron chi connectivity index (χ3n) is 7.52. The van der Waals surface area contributed by atoms with Gasteiger partial charge in [0.05, 0.1) is 10.6 Å². The van der Waals surface area contributed by atoms with Crippen LogP contribution in [0.3, 0.4) is 0 Å². The molecule has 10 heteroatoms. The summed E-state index contributed by atoms with van der Waals surface area (Å²) in [4.78, 5) is 29.5. The van der Waals surface area contributed by atoms with Crippen LogP contribution >= 0.6 is 11.6 Å². The molecule has 0 radical (unpaired) electrons. The van der Waals surface area contributed by atoms with Gasteiger partial charge >= 0.3 is 0 Å². The number of hydrogen-bond acceptors (Lipinski definition) is 4. The van der Waals surface area contributed by atoms with E-state index in [1.54, 1.807) is 61.5 Å². The van der Waals surface area contributed by atoms with Crippen LogP contribution in [0, 0.1) is 12.7 Å². The zero-order valence-corrected chi connectivity index (χ0v) is 26.9. The molecule has 0 aliphatic heterocycles. The van der Waals surface area contributed by atoms with Crippen molar-refractivity contribution in [3.05, 3.63) is 131 Å². The van der Waals surface area contributed by atoms with Gasteiger partial charge < -0.3 is 10.2 Å². The van der Waals surface area contributed by atoms with E-state index >= 15 is 4.39 Å². The van der Waals surface area contributed by atoms with Gasteiger partial charge in [0.2, 0.25) is 11.8 Å². The molecular weight excluding hydrogens is 613 g/mol. The lowest BCUT2D eigenvalue weighted by Crippen LogP contribution is -2.53. The quantitative estimate of drug-likeness (QED) is 0.157. The Labute approximate surface area is 269 Å². The first-order valence-electron chi connectivity index (χ1n) is 14.8. The number of halogens is 2. The average Bonchev–Trinajstić information content (AvgIpc) is 3.04. The first-order chi connectivity index (χ1) is 21.6. The molecule has 0 saturated heterocycles. The van der Waals surface area contributed by atoms with Crippen LogP contribution in [0.4, 0.5) is 10.1 Å². The largest absolute Gasteiger partial charge is 0.354 e. The van der Waals surface area contributed by atoms with Gasteiger partial charge in [-0.05, 0) is 54.8 Å². The van der Waals surface area contributed by atoms with Gasteiger partial charge in [0, 0.05) is 30.1 Å². The molecule has 45 heavy (non-hydrogen) atoms. The van der Waals surface area contributed by atoms with Crippen LogP contribution in [0.15, 0.2) is 108 Å². The number of sulfonamides is 1. The predicted molar refractivity (Wildman–Crippen MR) is 176 cm³/mol. The third kappa shape index (κ3) is 8.49. The lowest BCUT2D eigenvalue weighted by atomic mass is 10.0. The van der Waals surface area contributed by atoms with E-state index in [4.69, 9.17) is 11.6 Å². The summed E-state index contributed by atoms with van der Waals surface area (Å²) in [6.45, 7) is 3.17. The van der Waals surface area contributed by atoms with Crippen molar-refractivity contribution in [3.63, 3.8) is 0 Å². The van der Waals surface area contributed by atoms with Crippen molar-refractivity contribution in [1.82, 2.24) is 10.2 Å². The van der Waals surface area contributed by atoms with Crippen LogP contribution in [0.1, 0.15) is 36.5 Å². The van der Waals surface area contributed by atoms with Gasteiger partial charge in [0.1, 0.15) is 18.4 Å². The molecule has 0 fully saturated rings. The number of nitrogens with zero attached hydrogens (tertiary/aromatic N) is 2. The molecule has 4 aromatic carbocycles. The normalized spacial score (nSPS) is 11.9. The summed E-state index contributed by atoms with van der Waals surface area (Å²) in [6.07, 6.45) is 1.73. The molecule has 0 bridgehead atoms. The number of amides is 2. The molecule has 2 amide bonds. The second-order valence-electron chi connectivity index (χ2n) is 10.7. The van der Waals surface area contributed by atoms with E-state index in [0.717, 1.165) is 22.7 Å². The number of benzene rings is 4. The van der Waals surface area contributed by atoms with Crippen LogP contribution in [-0.4, -0.2) is 44.3 Å². The second kappa shape index (κ2) is 15.7. The predicted octanol–water partition coefficient (Wildman–Crippen LogP) is 6.54. The molecule has 0 aliphatic rings. The fourth-order valence-corrected chi connectivity index (χ4v) is 6.63. The zero-order valence-electron chi connectivity index (χ0n) is 25.3. The van der Waals surface area contributed by atoms with Crippen molar-refractivity contribution in [1.29, 1.82) is 0 Å². The Balaban J connectivity index is 1.82. The van der Waals surface area contributed by atoms with Crippen LogP contribution in [0.2, 0.25) is 5.02 Å². The number of carbonyl (C=O) groups excluding carboxylic acids is 2. The average molecular weight is 650 g/mol. The lowest BCUT2D eigenvalue weighted by molar-refractivity contribution is -0.140. The maximum atomic E-state index is 15.0. The molecular formula is C35H37ClFN3O4S. The molecule has 0 heterocycles. The van der Waals surface area contributed by atoms with Crippen LogP contribution < -0.4 is 9.62 Å². The topological polar surface area (TPSA) is 86.8 Å². The molecule has 4 aromatic rings. The first-order valence-corrected chi connectivity index (χ1v) is 16.6. The van der Waals surface area contributed by atoms with Gasteiger partial charge in [-0.25, -0.2) is 12.8 Å². The fraction of sp³-hybridized carbons (Fsp3) is 0.257. The van der Waals surface area contributed by atoms with E-state index in [0.29, 0.717) is 17.1 Å². The number of nitrogens with one attached hydrogen (secondary N) is 1.